The van der Waals surface area contributed by atoms with E-state index >= 15 is 0 Å². The van der Waals surface area contributed by atoms with Gasteiger partial charge in [-0.3, -0.25) is 4.79 Å². The van der Waals surface area contributed by atoms with Crippen LogP contribution in [0.1, 0.15) is 70.9 Å². The Kier molecular flexibility index (Phi) is 8.38. The number of carbonyl (C=O) groups excluding carboxylic acids is 1. The average molecular weight is 548 g/mol. The minimum absolute atomic E-state index is 0.124. The van der Waals surface area contributed by atoms with Gasteiger partial charge in [-0.25, -0.2) is 4.68 Å². The van der Waals surface area contributed by atoms with Crippen LogP contribution in [0.4, 0.5) is 18.9 Å². The van der Waals surface area contributed by atoms with E-state index in [4.69, 9.17) is 5.73 Å². The maximum Gasteiger partial charge on any atom is 0.435 e. The number of nitriles is 1. The number of hydrogen-bond donors (Lipinski definition) is 3. The molecule has 0 spiro atoms. The summed E-state index contributed by atoms with van der Waals surface area (Å²) in [6.45, 7) is 4.16. The van der Waals surface area contributed by atoms with Crippen LogP contribution in [-0.2, 0) is 6.18 Å². The largest absolute Gasteiger partial charge is 0.435 e. The maximum absolute atomic E-state index is 13.5. The molecular weight excluding hydrogens is 519 g/mol. The number of aromatic nitrogens is 2. The van der Waals surface area contributed by atoms with E-state index < -0.39 is 23.9 Å². The third kappa shape index (κ3) is 6.57. The van der Waals surface area contributed by atoms with Gasteiger partial charge in [0.1, 0.15) is 11.8 Å². The van der Waals surface area contributed by atoms with E-state index in [1.165, 1.54) is 24.3 Å². The quantitative estimate of drug-likeness (QED) is 0.245. The van der Waals surface area contributed by atoms with Crippen molar-refractivity contribution < 1.29 is 23.1 Å². The topological polar surface area (TPSA) is 117 Å². The Morgan fingerprint density at radius 2 is 1.68 bits per heavy atom. The van der Waals surface area contributed by atoms with E-state index in [9.17, 15) is 28.3 Å². The van der Waals surface area contributed by atoms with Gasteiger partial charge in [0.25, 0.3) is 5.91 Å². The summed E-state index contributed by atoms with van der Waals surface area (Å²) >= 11 is 0. The number of amides is 1. The second kappa shape index (κ2) is 11.7. The average Bonchev–Trinajstić information content (AvgIpc) is 3.39. The van der Waals surface area contributed by atoms with E-state index in [0.717, 1.165) is 16.7 Å². The predicted octanol–water partition coefficient (Wildman–Crippen LogP) is 6.14. The first-order valence-electron chi connectivity index (χ1n) is 12.6. The minimum atomic E-state index is -4.79. The van der Waals surface area contributed by atoms with Crippen LogP contribution in [0.5, 0.6) is 0 Å². The number of nitrogens with two attached hydrogens (primary N) is 1. The van der Waals surface area contributed by atoms with Crippen molar-refractivity contribution in [2.45, 2.75) is 38.6 Å². The van der Waals surface area contributed by atoms with Gasteiger partial charge in [-0.2, -0.15) is 23.5 Å². The molecule has 4 N–H and O–H groups in total. The van der Waals surface area contributed by atoms with Gasteiger partial charge in [-0.1, -0.05) is 56.3 Å². The molecular formula is C30H28F3N5O2. The van der Waals surface area contributed by atoms with Gasteiger partial charge in [0.05, 0.1) is 17.3 Å². The fourth-order valence-corrected chi connectivity index (χ4v) is 4.36. The van der Waals surface area contributed by atoms with Gasteiger partial charge in [0.2, 0.25) is 0 Å². The zero-order valence-electron chi connectivity index (χ0n) is 21.9. The highest BCUT2D eigenvalue weighted by Gasteiger charge is 2.36. The Morgan fingerprint density at radius 3 is 2.35 bits per heavy atom. The number of alkyl halides is 3. The van der Waals surface area contributed by atoms with Crippen LogP contribution >= 0.6 is 0 Å². The Morgan fingerprint density at radius 1 is 1.02 bits per heavy atom. The molecule has 2 unspecified atom stereocenters. The first-order chi connectivity index (χ1) is 19.0. The van der Waals surface area contributed by atoms with E-state index in [2.05, 4.69) is 24.3 Å². The number of halogens is 3. The van der Waals surface area contributed by atoms with Gasteiger partial charge in [0, 0.05) is 17.8 Å². The number of carbonyl (C=O) groups is 1. The summed E-state index contributed by atoms with van der Waals surface area (Å²) in [6.07, 6.45) is -5.03. The van der Waals surface area contributed by atoms with E-state index in [1.54, 1.807) is 30.3 Å². The number of nitrogens with zero attached hydrogens (tertiary/aromatic N) is 3. The monoisotopic (exact) mass is 547 g/mol. The van der Waals surface area contributed by atoms with Crippen LogP contribution in [0.3, 0.4) is 0 Å². The second-order valence-electron chi connectivity index (χ2n) is 9.87. The Balaban J connectivity index is 1.61. The van der Waals surface area contributed by atoms with E-state index in [-0.39, 0.29) is 28.7 Å². The molecule has 1 amide bonds. The molecule has 7 nitrogen and oxygen atoms in total. The molecule has 3 aromatic carbocycles. The minimum Gasteiger partial charge on any atom is -0.384 e. The summed E-state index contributed by atoms with van der Waals surface area (Å²) in [5.41, 5.74) is 7.26. The van der Waals surface area contributed by atoms with Crippen molar-refractivity contribution in [3.05, 3.63) is 113 Å². The third-order valence-electron chi connectivity index (χ3n) is 6.29. The van der Waals surface area contributed by atoms with Gasteiger partial charge >= 0.3 is 6.18 Å². The van der Waals surface area contributed by atoms with Crippen LogP contribution in [-0.4, -0.2) is 20.8 Å². The maximum atomic E-state index is 13.5. The smallest absolute Gasteiger partial charge is 0.384 e. The highest BCUT2D eigenvalue weighted by atomic mass is 19.4. The van der Waals surface area contributed by atoms with Crippen LogP contribution < -0.4 is 11.1 Å². The highest BCUT2D eigenvalue weighted by Crippen LogP contribution is 2.31. The van der Waals surface area contributed by atoms with Crippen molar-refractivity contribution in [2.75, 3.05) is 5.32 Å². The zero-order chi connectivity index (χ0) is 29.0. The molecule has 206 valence electrons. The normalized spacial score (nSPS) is 13.1. The van der Waals surface area contributed by atoms with Crippen molar-refractivity contribution in [3.63, 3.8) is 0 Å². The molecule has 0 saturated heterocycles. The lowest BCUT2D eigenvalue weighted by atomic mass is 9.94. The molecule has 0 radical (unpaired) electrons. The number of rotatable bonds is 8. The highest BCUT2D eigenvalue weighted by molar-refractivity contribution is 6.03. The fraction of sp³-hybridized carbons (Fsp3) is 0.233. The summed E-state index contributed by atoms with van der Waals surface area (Å²) in [4.78, 5) is 13.2. The molecule has 0 aliphatic rings. The SMILES string of the molecule is CC(C)CC(N)c1cccc(C(O)c2cccc(NC(=O)c3cc(C(F)(F)F)nn3-c3cccc(C#N)c3)c2)c1. The molecule has 10 heteroatoms. The van der Waals surface area contributed by atoms with Crippen LogP contribution in [0, 0.1) is 17.2 Å². The van der Waals surface area contributed by atoms with E-state index in [1.807, 2.05) is 24.3 Å². The Hall–Kier alpha value is -4.46. The van der Waals surface area contributed by atoms with Crippen LogP contribution in [0.15, 0.2) is 78.9 Å². The van der Waals surface area contributed by atoms with Gasteiger partial charge in [-0.05, 0) is 59.4 Å². The number of aliphatic hydroxyl groups excluding tert-OH is 1. The molecule has 0 saturated carbocycles. The lowest BCUT2D eigenvalue weighted by Gasteiger charge is -2.18. The molecule has 2 atom stereocenters. The van der Waals surface area contributed by atoms with Crippen molar-refractivity contribution in [2.24, 2.45) is 11.7 Å². The molecule has 40 heavy (non-hydrogen) atoms. The lowest BCUT2D eigenvalue weighted by molar-refractivity contribution is -0.141. The molecule has 1 heterocycles. The summed E-state index contributed by atoms with van der Waals surface area (Å²) in [5, 5.41) is 26.4. The first kappa shape index (κ1) is 28.5. The van der Waals surface area contributed by atoms with Crippen LogP contribution in [0.25, 0.3) is 5.69 Å². The molecule has 0 bridgehead atoms. The van der Waals surface area contributed by atoms with Crippen molar-refractivity contribution in [1.82, 2.24) is 9.78 Å². The van der Waals surface area contributed by atoms with Gasteiger partial charge in [0.15, 0.2) is 5.69 Å². The number of aliphatic hydroxyl groups is 1. The second-order valence-corrected chi connectivity index (χ2v) is 9.87. The van der Waals surface area contributed by atoms with Gasteiger partial charge in [-0.15, -0.1) is 0 Å². The molecule has 1 aromatic heterocycles. The van der Waals surface area contributed by atoms with Crippen LogP contribution in [0.2, 0.25) is 0 Å². The molecule has 4 rings (SSSR count). The molecule has 0 aliphatic heterocycles. The van der Waals surface area contributed by atoms with E-state index in [0.29, 0.717) is 23.1 Å². The summed E-state index contributed by atoms with van der Waals surface area (Å²) < 4.78 is 41.3. The summed E-state index contributed by atoms with van der Waals surface area (Å²) in [5.74, 6) is -0.443. The molecule has 0 aliphatic carbocycles. The first-order valence-corrected chi connectivity index (χ1v) is 12.6. The van der Waals surface area contributed by atoms with Gasteiger partial charge < -0.3 is 16.2 Å². The third-order valence-corrected chi connectivity index (χ3v) is 6.29. The standard InChI is InChI=1S/C30H28F3N5O2/c1-18(2)12-25(35)20-7-4-8-21(14-20)28(39)22-9-5-10-23(15-22)36-29(40)26-16-27(30(31,32)33)37-38(26)24-11-3-6-19(13-24)17-34/h3-11,13-16,18,25,28,39H,12,35H2,1-2H3,(H,36,40). The predicted molar refractivity (Wildman–Crippen MR) is 145 cm³/mol. The van der Waals surface area contributed by atoms with Crippen molar-refractivity contribution >= 4 is 11.6 Å². The van der Waals surface area contributed by atoms with Crippen molar-refractivity contribution in [1.29, 1.82) is 5.26 Å². The summed E-state index contributed by atoms with van der Waals surface area (Å²) in [6, 6.07) is 21.9. The van der Waals surface area contributed by atoms with Crippen molar-refractivity contribution in [3.8, 4) is 11.8 Å². The Bertz CT molecular complexity index is 1560. The molecule has 0 fully saturated rings. The Labute approximate surface area is 229 Å². The lowest BCUT2D eigenvalue weighted by Crippen LogP contribution is -2.17. The zero-order valence-corrected chi connectivity index (χ0v) is 21.9. The number of anilines is 1. The molecule has 4 aromatic rings. The summed E-state index contributed by atoms with van der Waals surface area (Å²) in [7, 11) is 0. The fourth-order valence-electron chi connectivity index (χ4n) is 4.36. The number of nitrogens with one attached hydrogen (secondary N) is 1. The number of benzene rings is 3. The number of hydrogen-bond acceptors (Lipinski definition) is 5.